The third kappa shape index (κ3) is 56.4. The Hall–Kier alpha value is -2.14. The van der Waals surface area contributed by atoms with Gasteiger partial charge in [0.2, 0.25) is 0 Å². The first-order valence-corrected chi connectivity index (χ1v) is 30.2. The predicted octanol–water partition coefficient (Wildman–Crippen LogP) is 20.7. The van der Waals surface area contributed by atoms with E-state index in [1.165, 1.54) is 218 Å². The molecule has 0 N–H and O–H groups in total. The maximum absolute atomic E-state index is 12.9. The zero-order valence-electron chi connectivity index (χ0n) is 45.9. The van der Waals surface area contributed by atoms with Crippen LogP contribution >= 0.6 is 0 Å². The van der Waals surface area contributed by atoms with Gasteiger partial charge in [0.15, 0.2) is 6.10 Å². The fourth-order valence-electron chi connectivity index (χ4n) is 8.88. The first-order valence-electron chi connectivity index (χ1n) is 30.2. The van der Waals surface area contributed by atoms with Gasteiger partial charge in [-0.05, 0) is 77.0 Å². The fraction of sp³-hybridized carbons (Fsp3) is 0.841. The molecule has 5 heteroatoms. The van der Waals surface area contributed by atoms with Crippen LogP contribution < -0.4 is 0 Å². The predicted molar refractivity (Wildman–Crippen MR) is 298 cm³/mol. The number of carbonyl (C=O) groups excluding carboxylic acids is 2. The lowest BCUT2D eigenvalue weighted by Crippen LogP contribution is -2.30. The molecular weight excluding hydrogens is 837 g/mol. The minimum atomic E-state index is -0.547. The molecule has 0 fully saturated rings. The van der Waals surface area contributed by atoms with Crippen LogP contribution in [0.5, 0.6) is 0 Å². The van der Waals surface area contributed by atoms with Gasteiger partial charge in [0.25, 0.3) is 0 Å². The van der Waals surface area contributed by atoms with E-state index in [1.54, 1.807) is 0 Å². The molecule has 0 aliphatic rings. The Kier molecular flexibility index (Phi) is 57.3. The summed E-state index contributed by atoms with van der Waals surface area (Å²) in [6.45, 7) is 7.72. The summed E-state index contributed by atoms with van der Waals surface area (Å²) < 4.78 is 17.5. The lowest BCUT2D eigenvalue weighted by Gasteiger charge is -2.18. The lowest BCUT2D eigenvalue weighted by atomic mass is 10.0. The van der Waals surface area contributed by atoms with Crippen molar-refractivity contribution < 1.29 is 23.8 Å². The van der Waals surface area contributed by atoms with Gasteiger partial charge in [0, 0.05) is 19.4 Å². The number of hydrogen-bond acceptors (Lipinski definition) is 5. The number of esters is 2. The molecule has 0 bridgehead atoms. The molecule has 0 rings (SSSR count). The zero-order valence-corrected chi connectivity index (χ0v) is 45.9. The van der Waals surface area contributed by atoms with Crippen LogP contribution in [0.3, 0.4) is 0 Å². The Labute approximate surface area is 424 Å². The standard InChI is InChI=1S/C63H116O5/c1-4-7-10-13-16-19-22-25-28-30-32-34-36-38-41-44-47-50-53-56-62(64)67-60-61(59-66-58-55-52-49-46-43-40-27-24-21-18-15-12-9-6-3)68-63(65)57-54-51-48-45-42-39-37-35-33-31-29-26-23-20-17-14-11-8-5-2/h9,12,18,21,25,27-28,40,61H,4-8,10-11,13-17,19-20,22-24,26,29-39,41-60H2,1-3H3/b12-9-,21-18-,28-25-,40-27-. The second kappa shape index (κ2) is 59.2. The average molecular weight is 954 g/mol. The molecule has 0 radical (unpaired) electrons. The second-order valence-electron chi connectivity index (χ2n) is 20.2. The Morgan fingerprint density at radius 3 is 1.07 bits per heavy atom. The van der Waals surface area contributed by atoms with Crippen molar-refractivity contribution >= 4 is 11.9 Å². The Balaban J connectivity index is 4.23. The average Bonchev–Trinajstić information content (AvgIpc) is 3.34. The van der Waals surface area contributed by atoms with Crippen LogP contribution in [0.1, 0.15) is 316 Å². The van der Waals surface area contributed by atoms with Gasteiger partial charge in [-0.1, -0.05) is 275 Å². The number of hydrogen-bond donors (Lipinski definition) is 0. The molecule has 1 atom stereocenters. The second-order valence-corrected chi connectivity index (χ2v) is 20.2. The van der Waals surface area contributed by atoms with Crippen molar-refractivity contribution in [2.24, 2.45) is 0 Å². The summed E-state index contributed by atoms with van der Waals surface area (Å²) in [7, 11) is 0. The lowest BCUT2D eigenvalue weighted by molar-refractivity contribution is -0.163. The topological polar surface area (TPSA) is 61.8 Å². The molecule has 0 aromatic rings. The van der Waals surface area contributed by atoms with Crippen molar-refractivity contribution in [3.8, 4) is 0 Å². The molecule has 0 aliphatic heterocycles. The Bertz CT molecular complexity index is 1120. The van der Waals surface area contributed by atoms with Crippen molar-refractivity contribution in [3.05, 3.63) is 48.6 Å². The maximum Gasteiger partial charge on any atom is 0.306 e. The Morgan fingerprint density at radius 2 is 0.662 bits per heavy atom. The summed E-state index contributed by atoms with van der Waals surface area (Å²) in [6.07, 6.45) is 74.3. The molecule has 0 saturated carbocycles. The highest BCUT2D eigenvalue weighted by molar-refractivity contribution is 5.70. The highest BCUT2D eigenvalue weighted by Crippen LogP contribution is 2.17. The van der Waals surface area contributed by atoms with E-state index in [0.29, 0.717) is 19.4 Å². The molecular formula is C63H116O5. The van der Waals surface area contributed by atoms with Gasteiger partial charge in [-0.3, -0.25) is 9.59 Å². The van der Waals surface area contributed by atoms with Crippen LogP contribution in [0.4, 0.5) is 0 Å². The number of allylic oxidation sites excluding steroid dienone is 8. The summed E-state index contributed by atoms with van der Waals surface area (Å²) in [5.74, 6) is -0.394. The molecule has 0 aromatic heterocycles. The smallest absolute Gasteiger partial charge is 0.306 e. The summed E-state index contributed by atoms with van der Waals surface area (Å²) in [5, 5.41) is 0. The summed E-state index contributed by atoms with van der Waals surface area (Å²) >= 11 is 0. The van der Waals surface area contributed by atoms with Crippen molar-refractivity contribution in [1.29, 1.82) is 0 Å². The van der Waals surface area contributed by atoms with Gasteiger partial charge in [-0.2, -0.15) is 0 Å². The zero-order chi connectivity index (χ0) is 49.2. The van der Waals surface area contributed by atoms with Crippen molar-refractivity contribution in [3.63, 3.8) is 0 Å². The third-order valence-electron chi connectivity index (χ3n) is 13.3. The van der Waals surface area contributed by atoms with Gasteiger partial charge < -0.3 is 14.2 Å². The van der Waals surface area contributed by atoms with Gasteiger partial charge in [0.05, 0.1) is 6.61 Å². The molecule has 398 valence electrons. The molecule has 0 heterocycles. The molecule has 0 spiro atoms. The SMILES string of the molecule is CC/C=C\C/C=C\C/C=C\CCCCCCOCC(COC(=O)CCCCCCCCCCC/C=C\CCCCCCCC)OC(=O)CCCCCCCCCCCCCCCCCCCCC. The van der Waals surface area contributed by atoms with E-state index < -0.39 is 6.10 Å². The van der Waals surface area contributed by atoms with Gasteiger partial charge in [-0.15, -0.1) is 0 Å². The quantitative estimate of drug-likeness (QED) is 0.0345. The van der Waals surface area contributed by atoms with Crippen molar-refractivity contribution in [2.45, 2.75) is 322 Å². The Morgan fingerprint density at radius 1 is 0.338 bits per heavy atom. The molecule has 68 heavy (non-hydrogen) atoms. The van der Waals surface area contributed by atoms with Gasteiger partial charge in [-0.25, -0.2) is 0 Å². The monoisotopic (exact) mass is 953 g/mol. The maximum atomic E-state index is 12.9. The largest absolute Gasteiger partial charge is 0.462 e. The van der Waals surface area contributed by atoms with Gasteiger partial charge >= 0.3 is 11.9 Å². The molecule has 0 saturated heterocycles. The minimum Gasteiger partial charge on any atom is -0.462 e. The van der Waals surface area contributed by atoms with E-state index >= 15 is 0 Å². The molecule has 1 unspecified atom stereocenters. The van der Waals surface area contributed by atoms with Crippen molar-refractivity contribution in [1.82, 2.24) is 0 Å². The first-order chi connectivity index (χ1) is 33.6. The van der Waals surface area contributed by atoms with E-state index in [4.69, 9.17) is 14.2 Å². The summed E-state index contributed by atoms with van der Waals surface area (Å²) in [4.78, 5) is 25.6. The van der Waals surface area contributed by atoms with E-state index in [1.807, 2.05) is 0 Å². The number of unbranched alkanes of at least 4 members (excludes halogenated alkanes) is 37. The highest BCUT2D eigenvalue weighted by atomic mass is 16.6. The molecule has 0 aromatic carbocycles. The van der Waals surface area contributed by atoms with Gasteiger partial charge in [0.1, 0.15) is 6.61 Å². The van der Waals surface area contributed by atoms with E-state index in [9.17, 15) is 9.59 Å². The molecule has 5 nitrogen and oxygen atoms in total. The van der Waals surface area contributed by atoms with E-state index in [-0.39, 0.29) is 25.2 Å². The number of rotatable bonds is 56. The van der Waals surface area contributed by atoms with Crippen molar-refractivity contribution in [2.75, 3.05) is 19.8 Å². The van der Waals surface area contributed by atoms with E-state index in [0.717, 1.165) is 64.2 Å². The highest BCUT2D eigenvalue weighted by Gasteiger charge is 2.17. The fourth-order valence-corrected chi connectivity index (χ4v) is 8.88. The van der Waals surface area contributed by atoms with Crippen LogP contribution in [0.15, 0.2) is 48.6 Å². The molecule has 0 amide bonds. The van der Waals surface area contributed by atoms with Crippen LogP contribution in [0.25, 0.3) is 0 Å². The minimum absolute atomic E-state index is 0.0790. The summed E-state index contributed by atoms with van der Waals surface area (Å²) in [5.41, 5.74) is 0. The number of carbonyl (C=O) groups is 2. The number of ether oxygens (including phenoxy) is 3. The first kappa shape index (κ1) is 65.9. The third-order valence-corrected chi connectivity index (χ3v) is 13.3. The normalized spacial score (nSPS) is 12.5. The van der Waals surface area contributed by atoms with E-state index in [2.05, 4.69) is 69.4 Å². The summed E-state index contributed by atoms with van der Waals surface area (Å²) in [6, 6.07) is 0. The van der Waals surface area contributed by atoms with Crippen LogP contribution in [0, 0.1) is 0 Å². The van der Waals surface area contributed by atoms with Crippen LogP contribution in [0.2, 0.25) is 0 Å². The molecule has 0 aliphatic carbocycles. The van der Waals surface area contributed by atoms with Crippen LogP contribution in [-0.4, -0.2) is 37.9 Å². The van der Waals surface area contributed by atoms with Crippen LogP contribution in [-0.2, 0) is 23.8 Å².